The van der Waals surface area contributed by atoms with Gasteiger partial charge < -0.3 is 19.7 Å². The molecule has 0 saturated carbocycles. The second kappa shape index (κ2) is 8.58. The molecule has 3 aliphatic rings. The Labute approximate surface area is 145 Å². The molecule has 138 valence electrons. The van der Waals surface area contributed by atoms with E-state index in [0.717, 1.165) is 59.0 Å². The highest BCUT2D eigenvalue weighted by molar-refractivity contribution is 5.82. The molecule has 2 atom stereocenters. The molecule has 0 aromatic heterocycles. The van der Waals surface area contributed by atoms with E-state index in [1.165, 1.54) is 0 Å². The van der Waals surface area contributed by atoms with Gasteiger partial charge in [0.25, 0.3) is 0 Å². The van der Waals surface area contributed by atoms with Crippen molar-refractivity contribution in [3.05, 3.63) is 0 Å². The van der Waals surface area contributed by atoms with E-state index in [2.05, 4.69) is 29.0 Å². The number of hydrogen-bond acceptors (Lipinski definition) is 6. The van der Waals surface area contributed by atoms with Gasteiger partial charge in [0.15, 0.2) is 0 Å². The van der Waals surface area contributed by atoms with Crippen molar-refractivity contribution in [2.45, 2.75) is 32.0 Å². The number of ether oxygens (including phenoxy) is 2. The van der Waals surface area contributed by atoms with Crippen LogP contribution >= 0.6 is 0 Å². The maximum Gasteiger partial charge on any atom is 0.242 e. The molecule has 1 amide bonds. The maximum atomic E-state index is 12.5. The zero-order valence-electron chi connectivity index (χ0n) is 15.1. The first-order chi connectivity index (χ1) is 11.6. The zero-order chi connectivity index (χ0) is 16.9. The summed E-state index contributed by atoms with van der Waals surface area (Å²) in [6, 6.07) is 0.419. The predicted octanol–water partition coefficient (Wildman–Crippen LogP) is -0.772. The first kappa shape index (κ1) is 18.1. The minimum atomic E-state index is -0.161. The van der Waals surface area contributed by atoms with Crippen LogP contribution in [0.2, 0.25) is 0 Å². The third-order valence-corrected chi connectivity index (χ3v) is 5.27. The number of carbonyl (C=O) groups excluding carboxylic acids is 1. The smallest absolute Gasteiger partial charge is 0.242 e. The van der Waals surface area contributed by atoms with E-state index in [4.69, 9.17) is 9.47 Å². The van der Waals surface area contributed by atoms with E-state index < -0.39 is 0 Å². The highest BCUT2D eigenvalue weighted by atomic mass is 16.5. The summed E-state index contributed by atoms with van der Waals surface area (Å²) in [7, 11) is 0. The largest absolute Gasteiger partial charge is 0.378 e. The molecule has 3 aliphatic heterocycles. The van der Waals surface area contributed by atoms with Gasteiger partial charge in [-0.25, -0.2) is 0 Å². The molecule has 1 N–H and O–H groups in total. The Morgan fingerprint density at radius 1 is 1.17 bits per heavy atom. The Morgan fingerprint density at radius 3 is 2.62 bits per heavy atom. The van der Waals surface area contributed by atoms with Crippen LogP contribution in [0.4, 0.5) is 0 Å². The Bertz CT molecular complexity index is 407. The van der Waals surface area contributed by atoms with Crippen LogP contribution in [0.5, 0.6) is 0 Å². The molecule has 3 heterocycles. The van der Waals surface area contributed by atoms with Crippen molar-refractivity contribution in [2.24, 2.45) is 0 Å². The molecule has 2 unspecified atom stereocenters. The molecular weight excluding hydrogens is 308 g/mol. The van der Waals surface area contributed by atoms with E-state index >= 15 is 0 Å². The topological polar surface area (TPSA) is 57.3 Å². The van der Waals surface area contributed by atoms with E-state index in [9.17, 15) is 4.79 Å². The molecule has 0 aromatic rings. The Kier molecular flexibility index (Phi) is 6.46. The molecule has 7 nitrogen and oxygen atoms in total. The molecule has 7 heteroatoms. The van der Waals surface area contributed by atoms with Crippen molar-refractivity contribution in [1.29, 1.82) is 0 Å². The van der Waals surface area contributed by atoms with E-state index in [1.54, 1.807) is 0 Å². The minimum absolute atomic E-state index is 0.161. The van der Waals surface area contributed by atoms with Crippen LogP contribution in [0.1, 0.15) is 13.8 Å². The standard InChI is InChI=1S/C17H32N4O3/c1-14(2)21-8-10-24-15(12-21)11-19-4-6-20(7-5-19)17(22)16-13-23-9-3-18-16/h14-16,18H,3-13H2,1-2H3. The summed E-state index contributed by atoms with van der Waals surface area (Å²) in [6.07, 6.45) is 0.289. The molecule has 0 bridgehead atoms. The fraction of sp³-hybridized carbons (Fsp3) is 0.941. The molecule has 24 heavy (non-hydrogen) atoms. The second-order valence-electron chi connectivity index (χ2n) is 7.29. The van der Waals surface area contributed by atoms with Crippen LogP contribution in [0.3, 0.4) is 0 Å². The van der Waals surface area contributed by atoms with Crippen LogP contribution < -0.4 is 5.32 Å². The summed E-state index contributed by atoms with van der Waals surface area (Å²) in [5.41, 5.74) is 0. The molecule has 0 aliphatic carbocycles. The van der Waals surface area contributed by atoms with Gasteiger partial charge in [-0.3, -0.25) is 14.6 Å². The van der Waals surface area contributed by atoms with Gasteiger partial charge in [0.1, 0.15) is 6.04 Å². The monoisotopic (exact) mass is 340 g/mol. The van der Waals surface area contributed by atoms with Crippen molar-refractivity contribution in [1.82, 2.24) is 20.0 Å². The highest BCUT2D eigenvalue weighted by Crippen LogP contribution is 2.12. The highest BCUT2D eigenvalue weighted by Gasteiger charge is 2.30. The lowest BCUT2D eigenvalue weighted by Crippen LogP contribution is -2.58. The first-order valence-electron chi connectivity index (χ1n) is 9.31. The van der Waals surface area contributed by atoms with E-state index in [0.29, 0.717) is 19.3 Å². The molecule has 3 saturated heterocycles. The average molecular weight is 340 g/mol. The fourth-order valence-corrected chi connectivity index (χ4v) is 3.70. The SMILES string of the molecule is CC(C)N1CCOC(CN2CCN(C(=O)C3COCCN3)CC2)C1. The summed E-state index contributed by atoms with van der Waals surface area (Å²) in [6.45, 7) is 13.8. The molecule has 0 radical (unpaired) electrons. The molecular formula is C17H32N4O3. The van der Waals surface area contributed by atoms with Crippen LogP contribution in [0.25, 0.3) is 0 Å². The number of hydrogen-bond donors (Lipinski definition) is 1. The predicted molar refractivity (Wildman–Crippen MR) is 92.1 cm³/mol. The van der Waals surface area contributed by atoms with Gasteiger partial charge in [0.05, 0.1) is 25.9 Å². The number of morpholine rings is 2. The third kappa shape index (κ3) is 4.67. The van der Waals surface area contributed by atoms with E-state index in [1.807, 2.05) is 4.90 Å². The Balaban J connectivity index is 1.41. The second-order valence-corrected chi connectivity index (χ2v) is 7.29. The van der Waals surface area contributed by atoms with Crippen LogP contribution in [0.15, 0.2) is 0 Å². The van der Waals surface area contributed by atoms with Crippen molar-refractivity contribution in [2.75, 3.05) is 72.2 Å². The van der Waals surface area contributed by atoms with Gasteiger partial charge in [-0.2, -0.15) is 0 Å². The van der Waals surface area contributed by atoms with Crippen molar-refractivity contribution >= 4 is 5.91 Å². The number of nitrogens with zero attached hydrogens (tertiary/aromatic N) is 3. The fourth-order valence-electron chi connectivity index (χ4n) is 3.70. The van der Waals surface area contributed by atoms with Crippen molar-refractivity contribution in [3.63, 3.8) is 0 Å². The lowest BCUT2D eigenvalue weighted by molar-refractivity contribution is -0.138. The molecule has 3 rings (SSSR count). The molecule has 0 spiro atoms. The van der Waals surface area contributed by atoms with Crippen LogP contribution in [-0.4, -0.2) is 111 Å². The molecule has 0 aromatic carbocycles. The lowest BCUT2D eigenvalue weighted by Gasteiger charge is -2.41. The summed E-state index contributed by atoms with van der Waals surface area (Å²) in [5, 5.41) is 3.25. The van der Waals surface area contributed by atoms with E-state index in [-0.39, 0.29) is 18.1 Å². The average Bonchev–Trinajstić information content (AvgIpc) is 2.63. The number of nitrogens with one attached hydrogen (secondary N) is 1. The normalized spacial score (nSPS) is 30.7. The molecule has 3 fully saturated rings. The first-order valence-corrected chi connectivity index (χ1v) is 9.31. The van der Waals surface area contributed by atoms with Gasteiger partial charge in [0, 0.05) is 58.4 Å². The Hall–Kier alpha value is -0.730. The number of carbonyl (C=O) groups is 1. The minimum Gasteiger partial charge on any atom is -0.378 e. The number of piperazine rings is 1. The van der Waals surface area contributed by atoms with Gasteiger partial charge in [0.2, 0.25) is 5.91 Å². The van der Waals surface area contributed by atoms with Crippen LogP contribution in [-0.2, 0) is 14.3 Å². The summed E-state index contributed by atoms with van der Waals surface area (Å²) in [5.74, 6) is 0.189. The summed E-state index contributed by atoms with van der Waals surface area (Å²) < 4.78 is 11.3. The quantitative estimate of drug-likeness (QED) is 0.725. The van der Waals surface area contributed by atoms with Crippen molar-refractivity contribution in [3.8, 4) is 0 Å². The van der Waals surface area contributed by atoms with Gasteiger partial charge in [-0.05, 0) is 13.8 Å². The third-order valence-electron chi connectivity index (χ3n) is 5.27. The van der Waals surface area contributed by atoms with Crippen molar-refractivity contribution < 1.29 is 14.3 Å². The van der Waals surface area contributed by atoms with Crippen LogP contribution in [0, 0.1) is 0 Å². The summed E-state index contributed by atoms with van der Waals surface area (Å²) >= 11 is 0. The maximum absolute atomic E-state index is 12.5. The van der Waals surface area contributed by atoms with Gasteiger partial charge in [-0.15, -0.1) is 0 Å². The van der Waals surface area contributed by atoms with Gasteiger partial charge >= 0.3 is 0 Å². The summed E-state index contributed by atoms with van der Waals surface area (Å²) in [4.78, 5) is 19.4. The zero-order valence-corrected chi connectivity index (χ0v) is 15.1. The number of amides is 1. The van der Waals surface area contributed by atoms with Gasteiger partial charge in [-0.1, -0.05) is 0 Å². The Morgan fingerprint density at radius 2 is 1.96 bits per heavy atom. The lowest BCUT2D eigenvalue weighted by atomic mass is 10.2. The number of rotatable bonds is 4.